The average Bonchev–Trinajstić information content (AvgIpc) is 2.65. The summed E-state index contributed by atoms with van der Waals surface area (Å²) in [5.74, 6) is 0. The van der Waals surface area contributed by atoms with Crippen molar-refractivity contribution in [2.24, 2.45) is 0 Å². The summed E-state index contributed by atoms with van der Waals surface area (Å²) in [5.41, 5.74) is 0. The maximum Gasteiger partial charge on any atom is 0.162 e. The number of alkyl halides is 1. The van der Waals surface area contributed by atoms with Crippen LogP contribution in [0.5, 0.6) is 0 Å². The van der Waals surface area contributed by atoms with E-state index in [1.54, 1.807) is 0 Å². The molecule has 1 atom stereocenters. The molecular weight excluding hydrogens is 264 g/mol. The molecule has 0 aliphatic carbocycles. The Hall–Kier alpha value is -0.440. The van der Waals surface area contributed by atoms with E-state index in [4.69, 9.17) is 0 Å². The van der Waals surface area contributed by atoms with E-state index in [2.05, 4.69) is 51.6 Å². The third kappa shape index (κ3) is 4.20. The predicted octanol–water partition coefficient (Wildman–Crippen LogP) is 4.26. The molecule has 0 aromatic heterocycles. The maximum absolute atomic E-state index is 3.78. The first-order valence-corrected chi connectivity index (χ1v) is 7.19. The van der Waals surface area contributed by atoms with Crippen LogP contribution in [0, 0.1) is 0 Å². The van der Waals surface area contributed by atoms with Crippen LogP contribution in [0.2, 0.25) is 0 Å². The Kier molecular flexibility index (Phi) is 6.62. The van der Waals surface area contributed by atoms with Gasteiger partial charge in [-0.15, -0.1) is 0 Å². The number of unbranched alkanes of at least 4 members (excludes halogenated alkanes) is 5. The van der Waals surface area contributed by atoms with Gasteiger partial charge in [0.25, 0.3) is 0 Å². The van der Waals surface area contributed by atoms with Crippen molar-refractivity contribution in [2.45, 2.75) is 50.5 Å². The van der Waals surface area contributed by atoms with Gasteiger partial charge >= 0.3 is 0 Å². The zero-order valence-corrected chi connectivity index (χ0v) is 11.8. The molecule has 0 fully saturated rings. The smallest absolute Gasteiger partial charge is 0.162 e. The van der Waals surface area contributed by atoms with E-state index in [0.29, 0.717) is 0 Å². The van der Waals surface area contributed by atoms with Crippen molar-refractivity contribution in [3.8, 4) is 0 Å². The van der Waals surface area contributed by atoms with Crippen LogP contribution >= 0.6 is 15.9 Å². The van der Waals surface area contributed by atoms with Gasteiger partial charge in [0.15, 0.2) is 5.08 Å². The van der Waals surface area contributed by atoms with Crippen molar-refractivity contribution in [2.75, 3.05) is 6.54 Å². The second-order valence-electron chi connectivity index (χ2n) is 4.24. The van der Waals surface area contributed by atoms with Gasteiger partial charge in [0.2, 0.25) is 0 Å². The van der Waals surface area contributed by atoms with Gasteiger partial charge in [-0.1, -0.05) is 45.6 Å². The van der Waals surface area contributed by atoms with Crippen LogP contribution in [-0.2, 0) is 0 Å². The Bertz CT molecular complexity index is 228. The SMILES string of the molecule is C=CN1C=CN(CCCCCCCC)C1Br. The fourth-order valence-corrected chi connectivity index (χ4v) is 2.52. The molecule has 0 spiro atoms. The lowest BCUT2D eigenvalue weighted by molar-refractivity contribution is 0.281. The summed E-state index contributed by atoms with van der Waals surface area (Å²) in [7, 11) is 0. The van der Waals surface area contributed by atoms with Gasteiger partial charge in [-0.25, -0.2) is 0 Å². The van der Waals surface area contributed by atoms with Gasteiger partial charge in [-0.05, 0) is 28.6 Å². The number of rotatable bonds is 8. The molecule has 0 amide bonds. The van der Waals surface area contributed by atoms with Crippen molar-refractivity contribution < 1.29 is 0 Å². The molecule has 0 aromatic rings. The van der Waals surface area contributed by atoms with Gasteiger partial charge in [0, 0.05) is 18.9 Å². The summed E-state index contributed by atoms with van der Waals surface area (Å²) in [5, 5.41) is 0.264. The summed E-state index contributed by atoms with van der Waals surface area (Å²) >= 11 is 3.64. The molecular formula is C13H23BrN2. The van der Waals surface area contributed by atoms with Crippen LogP contribution in [0.15, 0.2) is 25.2 Å². The summed E-state index contributed by atoms with van der Waals surface area (Å²) in [4.78, 5) is 4.37. The molecule has 0 radical (unpaired) electrons. The third-order valence-corrected chi connectivity index (χ3v) is 3.93. The Morgan fingerprint density at radius 2 is 1.88 bits per heavy atom. The molecule has 2 nitrogen and oxygen atoms in total. The third-order valence-electron chi connectivity index (χ3n) is 2.93. The molecule has 1 rings (SSSR count). The number of nitrogens with zero attached hydrogens (tertiary/aromatic N) is 2. The van der Waals surface area contributed by atoms with E-state index >= 15 is 0 Å². The van der Waals surface area contributed by atoms with Crippen LogP contribution in [-0.4, -0.2) is 21.4 Å². The van der Waals surface area contributed by atoms with E-state index in [0.717, 1.165) is 6.54 Å². The van der Waals surface area contributed by atoms with Gasteiger partial charge in [-0.2, -0.15) is 0 Å². The molecule has 1 unspecified atom stereocenters. The first kappa shape index (κ1) is 13.6. The lowest BCUT2D eigenvalue weighted by Gasteiger charge is -2.25. The van der Waals surface area contributed by atoms with Crippen molar-refractivity contribution in [3.05, 3.63) is 25.2 Å². The van der Waals surface area contributed by atoms with Crippen molar-refractivity contribution >= 4 is 15.9 Å². The summed E-state index contributed by atoms with van der Waals surface area (Å²) < 4.78 is 0. The van der Waals surface area contributed by atoms with Crippen molar-refractivity contribution in [3.63, 3.8) is 0 Å². The molecule has 1 aliphatic rings. The zero-order valence-electron chi connectivity index (χ0n) is 10.2. The standard InChI is InChI=1S/C13H23BrN2/c1-3-5-6-7-8-9-10-16-12-11-15(4-2)13(16)14/h4,11-13H,2-3,5-10H2,1H3. The van der Waals surface area contributed by atoms with Gasteiger partial charge in [-0.3, -0.25) is 0 Å². The number of hydrogen-bond acceptors (Lipinski definition) is 2. The van der Waals surface area contributed by atoms with Crippen LogP contribution < -0.4 is 0 Å². The van der Waals surface area contributed by atoms with Crippen LogP contribution in [0.3, 0.4) is 0 Å². The lowest BCUT2D eigenvalue weighted by Crippen LogP contribution is -2.30. The first-order valence-electron chi connectivity index (χ1n) is 6.27. The van der Waals surface area contributed by atoms with Crippen molar-refractivity contribution in [1.82, 2.24) is 9.80 Å². The summed E-state index contributed by atoms with van der Waals surface area (Å²) in [6.45, 7) is 7.16. The molecule has 0 aromatic carbocycles. The van der Waals surface area contributed by atoms with Crippen LogP contribution in [0.4, 0.5) is 0 Å². The molecule has 1 aliphatic heterocycles. The van der Waals surface area contributed by atoms with Crippen LogP contribution in [0.1, 0.15) is 45.4 Å². The molecule has 0 N–H and O–H groups in total. The highest BCUT2D eigenvalue weighted by molar-refractivity contribution is 9.09. The number of hydrogen-bond donors (Lipinski definition) is 0. The molecule has 0 bridgehead atoms. The largest absolute Gasteiger partial charge is 0.347 e. The quantitative estimate of drug-likeness (QED) is 0.374. The highest BCUT2D eigenvalue weighted by atomic mass is 79.9. The van der Waals surface area contributed by atoms with Gasteiger partial charge < -0.3 is 9.80 Å². The molecule has 92 valence electrons. The minimum atomic E-state index is 0.264. The molecule has 0 saturated carbocycles. The summed E-state index contributed by atoms with van der Waals surface area (Å²) in [6.07, 6.45) is 14.1. The van der Waals surface area contributed by atoms with E-state index < -0.39 is 0 Å². The Morgan fingerprint density at radius 3 is 2.50 bits per heavy atom. The minimum Gasteiger partial charge on any atom is -0.347 e. The first-order chi connectivity index (χ1) is 7.79. The van der Waals surface area contributed by atoms with Gasteiger partial charge in [0.1, 0.15) is 0 Å². The fourth-order valence-electron chi connectivity index (χ4n) is 1.88. The Balaban J connectivity index is 2.06. The minimum absolute atomic E-state index is 0.264. The second-order valence-corrected chi connectivity index (χ2v) is 5.06. The fraction of sp³-hybridized carbons (Fsp3) is 0.692. The molecule has 0 saturated heterocycles. The monoisotopic (exact) mass is 286 g/mol. The molecule has 3 heteroatoms. The predicted molar refractivity (Wildman–Crippen MR) is 74.0 cm³/mol. The van der Waals surface area contributed by atoms with Gasteiger partial charge in [0.05, 0.1) is 0 Å². The van der Waals surface area contributed by atoms with E-state index in [9.17, 15) is 0 Å². The zero-order chi connectivity index (χ0) is 11.8. The van der Waals surface area contributed by atoms with Crippen molar-refractivity contribution in [1.29, 1.82) is 0 Å². The van der Waals surface area contributed by atoms with E-state index in [1.807, 2.05) is 6.20 Å². The highest BCUT2D eigenvalue weighted by Crippen LogP contribution is 2.21. The highest BCUT2D eigenvalue weighted by Gasteiger charge is 2.20. The Morgan fingerprint density at radius 1 is 1.19 bits per heavy atom. The Labute approximate surface area is 108 Å². The average molecular weight is 287 g/mol. The maximum atomic E-state index is 3.78. The molecule has 1 heterocycles. The van der Waals surface area contributed by atoms with Crippen LogP contribution in [0.25, 0.3) is 0 Å². The topological polar surface area (TPSA) is 6.48 Å². The van der Waals surface area contributed by atoms with E-state index in [1.165, 1.54) is 38.5 Å². The number of halogens is 1. The van der Waals surface area contributed by atoms with E-state index in [-0.39, 0.29) is 5.08 Å². The summed E-state index contributed by atoms with van der Waals surface area (Å²) in [6, 6.07) is 0. The molecule has 16 heavy (non-hydrogen) atoms. The lowest BCUT2D eigenvalue weighted by atomic mass is 10.1. The normalized spacial score (nSPS) is 19.5. The second kappa shape index (κ2) is 7.77.